The maximum atomic E-state index is 11.5. The van der Waals surface area contributed by atoms with Gasteiger partial charge in [0, 0.05) is 11.3 Å². The molecule has 1 amide bonds. The number of ether oxygens (including phenoxy) is 1. The zero-order valence-electron chi connectivity index (χ0n) is 9.89. The Morgan fingerprint density at radius 1 is 1.44 bits per heavy atom. The van der Waals surface area contributed by atoms with E-state index in [2.05, 4.69) is 5.32 Å². The molecule has 0 spiro atoms. The van der Waals surface area contributed by atoms with Gasteiger partial charge in [-0.2, -0.15) is 0 Å². The second-order valence-corrected chi connectivity index (χ2v) is 4.02. The largest absolute Gasteiger partial charge is 0.394 e. The number of benzene rings is 1. The van der Waals surface area contributed by atoms with Gasteiger partial charge in [0.1, 0.15) is 4.99 Å². The quantitative estimate of drug-likeness (QED) is 0.499. The molecule has 0 aliphatic heterocycles. The third kappa shape index (κ3) is 5.22. The van der Waals surface area contributed by atoms with Crippen LogP contribution in [0.3, 0.4) is 0 Å². The van der Waals surface area contributed by atoms with Gasteiger partial charge in [0.05, 0.1) is 26.2 Å². The van der Waals surface area contributed by atoms with E-state index in [1.165, 1.54) is 0 Å². The smallest absolute Gasteiger partial charge is 0.226 e. The van der Waals surface area contributed by atoms with Gasteiger partial charge in [-0.05, 0) is 12.1 Å². The number of nitrogens with two attached hydrogens (primary N) is 1. The monoisotopic (exact) mass is 268 g/mol. The molecule has 0 unspecified atom stereocenters. The van der Waals surface area contributed by atoms with Crippen molar-refractivity contribution in [1.29, 1.82) is 0 Å². The van der Waals surface area contributed by atoms with Crippen LogP contribution in [0.15, 0.2) is 24.3 Å². The minimum atomic E-state index is -0.159. The molecule has 0 aliphatic rings. The summed E-state index contributed by atoms with van der Waals surface area (Å²) in [6.07, 6.45) is 0.233. The lowest BCUT2D eigenvalue weighted by molar-refractivity contribution is -0.117. The highest BCUT2D eigenvalue weighted by molar-refractivity contribution is 7.80. The second-order valence-electron chi connectivity index (χ2n) is 3.58. The number of carbonyl (C=O) groups excluding carboxylic acids is 1. The highest BCUT2D eigenvalue weighted by Gasteiger charge is 2.03. The molecule has 1 aromatic carbocycles. The fourth-order valence-electron chi connectivity index (χ4n) is 1.31. The Hall–Kier alpha value is -1.50. The maximum absolute atomic E-state index is 11.5. The van der Waals surface area contributed by atoms with Crippen molar-refractivity contribution in [3.63, 3.8) is 0 Å². The Morgan fingerprint density at radius 2 is 2.22 bits per heavy atom. The van der Waals surface area contributed by atoms with Crippen molar-refractivity contribution >= 4 is 28.8 Å². The lowest BCUT2D eigenvalue weighted by atomic mass is 10.2. The zero-order chi connectivity index (χ0) is 13.4. The number of aliphatic hydroxyl groups is 1. The fourth-order valence-corrected chi connectivity index (χ4v) is 1.43. The first-order valence-electron chi connectivity index (χ1n) is 5.52. The Kier molecular flexibility index (Phi) is 6.27. The first kappa shape index (κ1) is 14.6. The predicted octanol–water partition coefficient (Wildman–Crippen LogP) is 0.658. The Labute approximate surface area is 111 Å². The average molecular weight is 268 g/mol. The van der Waals surface area contributed by atoms with E-state index in [1.807, 2.05) is 0 Å². The van der Waals surface area contributed by atoms with Crippen LogP contribution in [0.1, 0.15) is 12.0 Å². The molecular formula is C12H16N2O3S. The molecule has 5 nitrogen and oxygen atoms in total. The minimum absolute atomic E-state index is 0.0440. The van der Waals surface area contributed by atoms with Gasteiger partial charge in [-0.3, -0.25) is 4.79 Å². The summed E-state index contributed by atoms with van der Waals surface area (Å²) in [7, 11) is 0. The third-order valence-electron chi connectivity index (χ3n) is 2.14. The number of amides is 1. The van der Waals surface area contributed by atoms with Gasteiger partial charge >= 0.3 is 0 Å². The van der Waals surface area contributed by atoms with Crippen LogP contribution >= 0.6 is 12.2 Å². The van der Waals surface area contributed by atoms with Crippen molar-refractivity contribution in [2.24, 2.45) is 5.73 Å². The summed E-state index contributed by atoms with van der Waals surface area (Å²) in [4.78, 5) is 11.8. The van der Waals surface area contributed by atoms with Crippen LogP contribution < -0.4 is 11.1 Å². The lowest BCUT2D eigenvalue weighted by Gasteiger charge is -2.07. The molecule has 0 bridgehead atoms. The first-order chi connectivity index (χ1) is 8.63. The van der Waals surface area contributed by atoms with E-state index in [4.69, 9.17) is 27.8 Å². The number of aliphatic hydroxyl groups excluding tert-OH is 1. The molecule has 4 N–H and O–H groups in total. The number of anilines is 1. The highest BCUT2D eigenvalue weighted by atomic mass is 32.1. The average Bonchev–Trinajstić information content (AvgIpc) is 2.35. The summed E-state index contributed by atoms with van der Waals surface area (Å²) < 4.78 is 5.00. The fraction of sp³-hybridized carbons (Fsp3) is 0.333. The molecule has 98 valence electrons. The van der Waals surface area contributed by atoms with Crippen molar-refractivity contribution in [1.82, 2.24) is 0 Å². The van der Waals surface area contributed by atoms with Gasteiger partial charge in [0.2, 0.25) is 5.91 Å². The van der Waals surface area contributed by atoms with Crippen molar-refractivity contribution in [3.8, 4) is 0 Å². The van der Waals surface area contributed by atoms with Crippen LogP contribution in [0, 0.1) is 0 Å². The van der Waals surface area contributed by atoms with Crippen molar-refractivity contribution < 1.29 is 14.6 Å². The molecule has 1 rings (SSSR count). The van der Waals surface area contributed by atoms with Gasteiger partial charge in [-0.1, -0.05) is 24.4 Å². The second kappa shape index (κ2) is 7.75. The van der Waals surface area contributed by atoms with Crippen molar-refractivity contribution in [3.05, 3.63) is 29.8 Å². The molecule has 0 saturated heterocycles. The van der Waals surface area contributed by atoms with Crippen LogP contribution in [0.4, 0.5) is 5.69 Å². The summed E-state index contributed by atoms with van der Waals surface area (Å²) >= 11 is 4.86. The first-order valence-corrected chi connectivity index (χ1v) is 5.92. The molecule has 0 atom stereocenters. The molecule has 0 saturated carbocycles. The van der Waals surface area contributed by atoms with Crippen LogP contribution in [-0.4, -0.2) is 35.8 Å². The van der Waals surface area contributed by atoms with Gasteiger partial charge in [0.15, 0.2) is 0 Å². The molecule has 0 aliphatic carbocycles. The zero-order valence-corrected chi connectivity index (χ0v) is 10.7. The molecular weight excluding hydrogens is 252 g/mol. The normalized spacial score (nSPS) is 10.1. The number of rotatable bonds is 7. The van der Waals surface area contributed by atoms with E-state index in [0.717, 1.165) is 0 Å². The van der Waals surface area contributed by atoms with E-state index in [-0.39, 0.29) is 37.1 Å². The standard InChI is InChI=1S/C12H16N2O3S/c13-12(18)9-2-1-3-10(8-9)14-11(16)4-6-17-7-5-15/h1-3,8,15H,4-7H2,(H2,13,18)(H,14,16). The molecule has 0 radical (unpaired) electrons. The topological polar surface area (TPSA) is 84.6 Å². The summed E-state index contributed by atoms with van der Waals surface area (Å²) in [6.45, 7) is 0.475. The van der Waals surface area contributed by atoms with Crippen molar-refractivity contribution in [2.75, 3.05) is 25.1 Å². The Morgan fingerprint density at radius 3 is 2.89 bits per heavy atom. The van der Waals surface area contributed by atoms with E-state index in [0.29, 0.717) is 11.3 Å². The summed E-state index contributed by atoms with van der Waals surface area (Å²) in [5.41, 5.74) is 6.86. The number of hydrogen-bond donors (Lipinski definition) is 3. The lowest BCUT2D eigenvalue weighted by Crippen LogP contribution is -2.16. The van der Waals surface area contributed by atoms with Crippen LogP contribution in [-0.2, 0) is 9.53 Å². The van der Waals surface area contributed by atoms with E-state index >= 15 is 0 Å². The minimum Gasteiger partial charge on any atom is -0.394 e. The number of carbonyl (C=O) groups is 1. The molecule has 0 fully saturated rings. The maximum Gasteiger partial charge on any atom is 0.226 e. The summed E-state index contributed by atoms with van der Waals surface area (Å²) in [5.74, 6) is -0.159. The van der Waals surface area contributed by atoms with E-state index in [1.54, 1.807) is 24.3 Å². The van der Waals surface area contributed by atoms with Crippen LogP contribution in [0.25, 0.3) is 0 Å². The number of thiocarbonyl (C=S) groups is 1. The SMILES string of the molecule is NC(=S)c1cccc(NC(=O)CCOCCO)c1. The molecule has 0 heterocycles. The molecule has 6 heteroatoms. The molecule has 0 aromatic heterocycles. The van der Waals surface area contributed by atoms with Crippen LogP contribution in [0.2, 0.25) is 0 Å². The van der Waals surface area contributed by atoms with Crippen LogP contribution in [0.5, 0.6) is 0 Å². The van der Waals surface area contributed by atoms with Gasteiger partial charge < -0.3 is 20.9 Å². The Balaban J connectivity index is 2.44. The highest BCUT2D eigenvalue weighted by Crippen LogP contribution is 2.10. The summed E-state index contributed by atoms with van der Waals surface area (Å²) in [5, 5.41) is 11.2. The van der Waals surface area contributed by atoms with E-state index < -0.39 is 0 Å². The Bertz CT molecular complexity index is 424. The molecule has 18 heavy (non-hydrogen) atoms. The number of hydrogen-bond acceptors (Lipinski definition) is 4. The summed E-state index contributed by atoms with van der Waals surface area (Å²) in [6, 6.07) is 7.03. The number of nitrogens with one attached hydrogen (secondary N) is 1. The molecule has 1 aromatic rings. The van der Waals surface area contributed by atoms with Crippen molar-refractivity contribution in [2.45, 2.75) is 6.42 Å². The van der Waals surface area contributed by atoms with Gasteiger partial charge in [0.25, 0.3) is 0 Å². The predicted molar refractivity (Wildman–Crippen MR) is 73.5 cm³/mol. The van der Waals surface area contributed by atoms with Gasteiger partial charge in [-0.25, -0.2) is 0 Å². The third-order valence-corrected chi connectivity index (χ3v) is 2.38. The van der Waals surface area contributed by atoms with Gasteiger partial charge in [-0.15, -0.1) is 0 Å². The van der Waals surface area contributed by atoms with E-state index in [9.17, 15) is 4.79 Å².